The number of fused-ring (bicyclic) bond motifs is 1. The first-order chi connectivity index (χ1) is 8.33. The molecule has 1 aromatic rings. The first kappa shape index (κ1) is 13.0. The molecule has 0 spiro atoms. The molecule has 1 aliphatic heterocycles. The van der Waals surface area contributed by atoms with Gasteiger partial charge in [0.2, 0.25) is 0 Å². The monoisotopic (exact) mass is 243 g/mol. The van der Waals surface area contributed by atoms with Crippen molar-refractivity contribution in [2.45, 2.75) is 51.3 Å². The molecule has 0 bridgehead atoms. The van der Waals surface area contributed by atoms with Crippen LogP contribution >= 0.6 is 0 Å². The third-order valence-corrected chi connectivity index (χ3v) is 3.27. The van der Waals surface area contributed by atoms with E-state index in [0.717, 1.165) is 12.2 Å². The van der Waals surface area contributed by atoms with E-state index in [1.165, 1.54) is 5.56 Å². The van der Waals surface area contributed by atoms with E-state index in [2.05, 4.69) is 31.2 Å². The summed E-state index contributed by atoms with van der Waals surface area (Å²) in [6.07, 6.45) is 6.48. The van der Waals surface area contributed by atoms with Crippen LogP contribution in [0.3, 0.4) is 0 Å². The second-order valence-electron chi connectivity index (χ2n) is 6.07. The van der Waals surface area contributed by atoms with E-state index >= 15 is 0 Å². The average molecular weight is 243 g/mol. The smallest absolute Gasteiger partial charge is 0.124 e. The Morgan fingerprint density at radius 2 is 2.06 bits per heavy atom. The summed E-state index contributed by atoms with van der Waals surface area (Å²) in [4.78, 5) is 0. The van der Waals surface area contributed by atoms with Gasteiger partial charge in [0.1, 0.15) is 11.4 Å². The molecule has 1 unspecified atom stereocenters. The van der Waals surface area contributed by atoms with Crippen LogP contribution in [0.25, 0.3) is 0 Å². The summed E-state index contributed by atoms with van der Waals surface area (Å²) in [5.74, 6) is 3.75. The van der Waals surface area contributed by atoms with Crippen molar-refractivity contribution in [1.82, 2.24) is 5.32 Å². The zero-order valence-electron chi connectivity index (χ0n) is 11.6. The van der Waals surface area contributed by atoms with Gasteiger partial charge in [0, 0.05) is 18.0 Å². The number of ether oxygens (including phenoxy) is 1. The van der Waals surface area contributed by atoms with E-state index in [1.54, 1.807) is 0 Å². The van der Waals surface area contributed by atoms with E-state index < -0.39 is 0 Å². The van der Waals surface area contributed by atoms with Crippen molar-refractivity contribution in [3.05, 3.63) is 29.8 Å². The normalized spacial score (nSPS) is 21.6. The molecule has 18 heavy (non-hydrogen) atoms. The number of hydrogen-bond donors (Lipinski definition) is 1. The summed E-state index contributed by atoms with van der Waals surface area (Å²) in [5, 5.41) is 3.54. The summed E-state index contributed by atoms with van der Waals surface area (Å²) in [7, 11) is 0. The Bertz CT molecular complexity index is 482. The molecule has 2 heteroatoms. The lowest BCUT2D eigenvalue weighted by atomic mass is 9.88. The Morgan fingerprint density at radius 3 is 2.72 bits per heavy atom. The van der Waals surface area contributed by atoms with Gasteiger partial charge in [-0.1, -0.05) is 24.1 Å². The quantitative estimate of drug-likeness (QED) is 0.805. The topological polar surface area (TPSA) is 21.3 Å². The summed E-state index contributed by atoms with van der Waals surface area (Å²) in [6.45, 7) is 8.27. The molecule has 1 heterocycles. The molecule has 2 rings (SSSR count). The van der Waals surface area contributed by atoms with Crippen molar-refractivity contribution in [2.24, 2.45) is 0 Å². The lowest BCUT2D eigenvalue weighted by Crippen LogP contribution is -2.46. The molecular weight excluding hydrogens is 222 g/mol. The van der Waals surface area contributed by atoms with Gasteiger partial charge in [-0.05, 0) is 33.8 Å². The number of terminal acetylenes is 1. The van der Waals surface area contributed by atoms with E-state index in [4.69, 9.17) is 11.2 Å². The van der Waals surface area contributed by atoms with Crippen LogP contribution in [0.2, 0.25) is 0 Å². The van der Waals surface area contributed by atoms with E-state index in [0.29, 0.717) is 0 Å². The molecule has 1 atom stereocenters. The maximum Gasteiger partial charge on any atom is 0.124 e. The predicted molar refractivity (Wildman–Crippen MR) is 74.6 cm³/mol. The average Bonchev–Trinajstić information content (AvgIpc) is 2.27. The molecule has 1 aromatic carbocycles. The predicted octanol–water partition coefficient (Wildman–Crippen LogP) is 3.29. The van der Waals surface area contributed by atoms with Gasteiger partial charge in [0.05, 0.1) is 5.54 Å². The zero-order chi connectivity index (χ0) is 13.4. The maximum atomic E-state index is 6.01. The highest BCUT2D eigenvalue weighted by molar-refractivity contribution is 5.39. The van der Waals surface area contributed by atoms with Gasteiger partial charge in [-0.2, -0.15) is 0 Å². The summed E-state index contributed by atoms with van der Waals surface area (Å²) in [6, 6.07) is 8.40. The van der Waals surface area contributed by atoms with E-state index in [9.17, 15) is 0 Å². The molecule has 96 valence electrons. The van der Waals surface area contributed by atoms with Gasteiger partial charge in [0.25, 0.3) is 0 Å². The second-order valence-corrected chi connectivity index (χ2v) is 6.07. The first-order valence-corrected chi connectivity index (χ1v) is 6.36. The highest BCUT2D eigenvalue weighted by Gasteiger charge is 2.35. The minimum atomic E-state index is -0.314. The molecular formula is C16H21NO. The highest BCUT2D eigenvalue weighted by atomic mass is 16.5. The van der Waals surface area contributed by atoms with Crippen molar-refractivity contribution in [2.75, 3.05) is 0 Å². The molecule has 0 saturated carbocycles. The number of hydrogen-bond acceptors (Lipinski definition) is 2. The molecule has 0 aliphatic carbocycles. The number of benzene rings is 1. The largest absolute Gasteiger partial charge is 0.487 e. The third kappa shape index (κ3) is 2.68. The van der Waals surface area contributed by atoms with E-state index in [-0.39, 0.29) is 17.2 Å². The lowest BCUT2D eigenvalue weighted by molar-refractivity contribution is 0.0625. The molecule has 0 radical (unpaired) electrons. The van der Waals surface area contributed by atoms with E-state index in [1.807, 2.05) is 32.0 Å². The fraction of sp³-hybridized carbons (Fsp3) is 0.500. The maximum absolute atomic E-state index is 6.01. The van der Waals surface area contributed by atoms with Crippen LogP contribution in [0, 0.1) is 12.3 Å². The number of nitrogens with one attached hydrogen (secondary N) is 1. The Balaban J connectivity index is 2.34. The van der Waals surface area contributed by atoms with Crippen LogP contribution in [-0.4, -0.2) is 11.1 Å². The minimum absolute atomic E-state index is 0.170. The summed E-state index contributed by atoms with van der Waals surface area (Å²) >= 11 is 0. The van der Waals surface area contributed by atoms with Crippen LogP contribution in [0.5, 0.6) is 5.75 Å². The van der Waals surface area contributed by atoms with Gasteiger partial charge in [-0.15, -0.1) is 6.42 Å². The van der Waals surface area contributed by atoms with Gasteiger partial charge in [0.15, 0.2) is 0 Å². The van der Waals surface area contributed by atoms with Gasteiger partial charge in [-0.3, -0.25) is 5.32 Å². The first-order valence-electron chi connectivity index (χ1n) is 6.36. The Kier molecular flexibility index (Phi) is 3.12. The van der Waals surface area contributed by atoms with Crippen molar-refractivity contribution < 1.29 is 4.74 Å². The van der Waals surface area contributed by atoms with Gasteiger partial charge >= 0.3 is 0 Å². The minimum Gasteiger partial charge on any atom is -0.487 e. The summed E-state index contributed by atoms with van der Waals surface area (Å²) in [5.41, 5.74) is 0.710. The molecule has 0 aromatic heterocycles. The fourth-order valence-corrected chi connectivity index (χ4v) is 2.41. The molecule has 2 nitrogen and oxygen atoms in total. The standard InChI is InChI=1S/C16H21NO/c1-6-15(2,3)17-13-11-16(4,5)18-14-10-8-7-9-12(13)14/h1,7-10,13,17H,11H2,2-5H3. The third-order valence-electron chi connectivity index (χ3n) is 3.27. The molecule has 1 aliphatic rings. The molecule has 1 N–H and O–H groups in total. The van der Waals surface area contributed by atoms with Gasteiger partial charge < -0.3 is 4.74 Å². The Morgan fingerprint density at radius 1 is 1.39 bits per heavy atom. The lowest BCUT2D eigenvalue weighted by Gasteiger charge is -2.40. The fourth-order valence-electron chi connectivity index (χ4n) is 2.41. The Hall–Kier alpha value is -1.46. The van der Waals surface area contributed by atoms with Crippen LogP contribution in [-0.2, 0) is 0 Å². The van der Waals surface area contributed by atoms with Crippen molar-refractivity contribution in [1.29, 1.82) is 0 Å². The van der Waals surface area contributed by atoms with Gasteiger partial charge in [-0.25, -0.2) is 0 Å². The van der Waals surface area contributed by atoms with Crippen molar-refractivity contribution >= 4 is 0 Å². The van der Waals surface area contributed by atoms with Crippen LogP contribution in [0.1, 0.15) is 45.7 Å². The molecule has 0 fully saturated rings. The number of para-hydroxylation sites is 1. The van der Waals surface area contributed by atoms with Crippen LogP contribution in [0.15, 0.2) is 24.3 Å². The van der Waals surface area contributed by atoms with Crippen molar-refractivity contribution in [3.63, 3.8) is 0 Å². The summed E-state index contributed by atoms with van der Waals surface area (Å²) < 4.78 is 6.01. The second kappa shape index (κ2) is 4.33. The van der Waals surface area contributed by atoms with Crippen LogP contribution in [0.4, 0.5) is 0 Å². The molecule has 0 amide bonds. The Labute approximate surface area is 110 Å². The highest BCUT2D eigenvalue weighted by Crippen LogP contribution is 2.39. The SMILES string of the molecule is C#CC(C)(C)NC1CC(C)(C)Oc2ccccc21. The van der Waals surface area contributed by atoms with Crippen molar-refractivity contribution in [3.8, 4) is 18.1 Å². The molecule has 0 saturated heterocycles. The zero-order valence-corrected chi connectivity index (χ0v) is 11.6. The number of rotatable bonds is 2. The van der Waals surface area contributed by atoms with Crippen LogP contribution < -0.4 is 10.1 Å².